The standard InChI is InChI=1S/C7H8N2O5/c10-4-2-8-3(1-9-4)5(11)6(12)7(13)14/h1-2,5-6,11-12H,(H,9,10)(H,13,14). The second-order valence-electron chi connectivity index (χ2n) is 2.56. The number of carbonyl (C=O) groups is 1. The minimum atomic E-state index is -1.96. The Balaban J connectivity index is 2.89. The molecular formula is C7H8N2O5. The number of rotatable bonds is 3. The van der Waals surface area contributed by atoms with Crippen molar-refractivity contribution in [2.45, 2.75) is 12.2 Å². The van der Waals surface area contributed by atoms with E-state index in [4.69, 9.17) is 10.2 Å². The molecule has 0 aliphatic heterocycles. The number of H-pyrrole nitrogens is 1. The van der Waals surface area contributed by atoms with E-state index >= 15 is 0 Å². The zero-order valence-corrected chi connectivity index (χ0v) is 6.91. The number of nitrogens with zero attached hydrogens (tertiary/aromatic N) is 1. The van der Waals surface area contributed by atoms with Crippen LogP contribution < -0.4 is 5.56 Å². The smallest absolute Gasteiger partial charge is 0.335 e. The molecule has 1 rings (SSSR count). The lowest BCUT2D eigenvalue weighted by molar-refractivity contribution is -0.153. The number of carboxylic acid groups (broad SMARTS) is 1. The second-order valence-corrected chi connectivity index (χ2v) is 2.56. The third-order valence-electron chi connectivity index (χ3n) is 1.55. The molecule has 7 nitrogen and oxygen atoms in total. The number of aromatic nitrogens is 2. The zero-order chi connectivity index (χ0) is 10.7. The fraction of sp³-hybridized carbons (Fsp3) is 0.286. The number of aromatic amines is 1. The Hall–Kier alpha value is -1.73. The van der Waals surface area contributed by atoms with Gasteiger partial charge in [0.05, 0.1) is 11.9 Å². The summed E-state index contributed by atoms with van der Waals surface area (Å²) in [5, 5.41) is 26.5. The third kappa shape index (κ3) is 2.15. The topological polar surface area (TPSA) is 124 Å². The van der Waals surface area contributed by atoms with Crippen molar-refractivity contribution in [2.75, 3.05) is 0 Å². The Bertz CT molecular complexity index is 367. The van der Waals surface area contributed by atoms with Gasteiger partial charge in [-0.2, -0.15) is 0 Å². The van der Waals surface area contributed by atoms with E-state index in [9.17, 15) is 14.7 Å². The monoisotopic (exact) mass is 200 g/mol. The molecule has 14 heavy (non-hydrogen) atoms. The zero-order valence-electron chi connectivity index (χ0n) is 6.91. The van der Waals surface area contributed by atoms with Gasteiger partial charge in [-0.1, -0.05) is 0 Å². The summed E-state index contributed by atoms with van der Waals surface area (Å²) >= 11 is 0. The van der Waals surface area contributed by atoms with Crippen LogP contribution in [0.3, 0.4) is 0 Å². The molecule has 0 aliphatic rings. The molecule has 0 amide bonds. The highest BCUT2D eigenvalue weighted by Gasteiger charge is 2.26. The van der Waals surface area contributed by atoms with Crippen molar-refractivity contribution in [1.82, 2.24) is 9.97 Å². The summed E-state index contributed by atoms with van der Waals surface area (Å²) in [6.07, 6.45) is -1.70. The van der Waals surface area contributed by atoms with Crippen molar-refractivity contribution in [2.24, 2.45) is 0 Å². The predicted octanol–water partition coefficient (Wildman–Crippen LogP) is -1.75. The lowest BCUT2D eigenvalue weighted by atomic mass is 10.1. The molecule has 7 heteroatoms. The lowest BCUT2D eigenvalue weighted by Crippen LogP contribution is -2.28. The fourth-order valence-electron chi connectivity index (χ4n) is 0.811. The average Bonchev–Trinajstić information content (AvgIpc) is 2.16. The van der Waals surface area contributed by atoms with E-state index in [1.165, 1.54) is 0 Å². The largest absolute Gasteiger partial charge is 0.479 e. The van der Waals surface area contributed by atoms with Gasteiger partial charge in [0, 0.05) is 6.20 Å². The van der Waals surface area contributed by atoms with Gasteiger partial charge < -0.3 is 20.3 Å². The van der Waals surface area contributed by atoms with Crippen molar-refractivity contribution in [1.29, 1.82) is 0 Å². The second kappa shape index (κ2) is 3.99. The molecule has 0 bridgehead atoms. The van der Waals surface area contributed by atoms with Gasteiger partial charge in [-0.15, -0.1) is 0 Å². The maximum Gasteiger partial charge on any atom is 0.335 e. The molecule has 1 aromatic rings. The van der Waals surface area contributed by atoms with Crippen LogP contribution in [0.1, 0.15) is 11.8 Å². The van der Waals surface area contributed by atoms with E-state index in [2.05, 4.69) is 9.97 Å². The Kier molecular flexibility index (Phi) is 2.95. The summed E-state index contributed by atoms with van der Waals surface area (Å²) in [6.45, 7) is 0. The van der Waals surface area contributed by atoms with Crippen molar-refractivity contribution in [3.05, 3.63) is 28.4 Å². The summed E-state index contributed by atoms with van der Waals surface area (Å²) in [6, 6.07) is 0. The van der Waals surface area contributed by atoms with Crippen LogP contribution in [0.4, 0.5) is 0 Å². The van der Waals surface area contributed by atoms with Crippen LogP contribution in [0.15, 0.2) is 17.2 Å². The molecule has 2 unspecified atom stereocenters. The Labute approximate surface area is 77.7 Å². The molecular weight excluding hydrogens is 192 g/mol. The fourth-order valence-corrected chi connectivity index (χ4v) is 0.811. The van der Waals surface area contributed by atoms with Crippen LogP contribution in [-0.4, -0.2) is 37.4 Å². The average molecular weight is 200 g/mol. The predicted molar refractivity (Wildman–Crippen MR) is 43.5 cm³/mol. The van der Waals surface area contributed by atoms with E-state index in [1.807, 2.05) is 0 Å². The van der Waals surface area contributed by atoms with Gasteiger partial charge in [-0.25, -0.2) is 4.79 Å². The molecule has 0 radical (unpaired) electrons. The molecule has 1 heterocycles. The van der Waals surface area contributed by atoms with E-state index in [-0.39, 0.29) is 5.69 Å². The summed E-state index contributed by atoms with van der Waals surface area (Å²) in [4.78, 5) is 26.5. The van der Waals surface area contributed by atoms with Gasteiger partial charge in [0.2, 0.25) is 0 Å². The molecule has 0 spiro atoms. The van der Waals surface area contributed by atoms with Crippen LogP contribution in [0.5, 0.6) is 0 Å². The highest BCUT2D eigenvalue weighted by atomic mass is 16.4. The molecule has 0 saturated heterocycles. The minimum absolute atomic E-state index is 0.112. The first-order chi connectivity index (χ1) is 6.52. The van der Waals surface area contributed by atoms with Gasteiger partial charge in [0.15, 0.2) is 6.10 Å². The summed E-state index contributed by atoms with van der Waals surface area (Å²) in [5.74, 6) is -1.56. The number of aliphatic hydroxyl groups is 2. The highest BCUT2D eigenvalue weighted by Crippen LogP contribution is 2.12. The van der Waals surface area contributed by atoms with Gasteiger partial charge in [-0.3, -0.25) is 9.78 Å². The van der Waals surface area contributed by atoms with Crippen LogP contribution in [0.25, 0.3) is 0 Å². The van der Waals surface area contributed by atoms with Crippen LogP contribution >= 0.6 is 0 Å². The van der Waals surface area contributed by atoms with Gasteiger partial charge in [-0.05, 0) is 0 Å². The Morgan fingerprint density at radius 1 is 1.50 bits per heavy atom. The number of nitrogens with one attached hydrogen (secondary N) is 1. The Morgan fingerprint density at radius 2 is 2.14 bits per heavy atom. The van der Waals surface area contributed by atoms with E-state index in [0.29, 0.717) is 0 Å². The van der Waals surface area contributed by atoms with Crippen molar-refractivity contribution >= 4 is 5.97 Å². The van der Waals surface area contributed by atoms with Gasteiger partial charge >= 0.3 is 5.97 Å². The molecule has 76 valence electrons. The van der Waals surface area contributed by atoms with Crippen molar-refractivity contribution in [3.8, 4) is 0 Å². The summed E-state index contributed by atoms with van der Waals surface area (Å²) in [5.41, 5.74) is -0.592. The SMILES string of the molecule is O=C(O)C(O)C(O)c1c[nH]c(=O)cn1. The lowest BCUT2D eigenvalue weighted by Gasteiger charge is -2.12. The number of aliphatic carboxylic acids is 1. The highest BCUT2D eigenvalue weighted by molar-refractivity contribution is 5.72. The maximum atomic E-state index is 10.6. The van der Waals surface area contributed by atoms with Crippen LogP contribution in [-0.2, 0) is 4.79 Å². The Morgan fingerprint density at radius 3 is 2.57 bits per heavy atom. The third-order valence-corrected chi connectivity index (χ3v) is 1.55. The maximum absolute atomic E-state index is 10.6. The first-order valence-corrected chi connectivity index (χ1v) is 3.66. The van der Waals surface area contributed by atoms with Gasteiger partial charge in [0.1, 0.15) is 6.10 Å². The summed E-state index contributed by atoms with van der Waals surface area (Å²) in [7, 11) is 0. The summed E-state index contributed by atoms with van der Waals surface area (Å²) < 4.78 is 0. The molecule has 0 fully saturated rings. The van der Waals surface area contributed by atoms with E-state index < -0.39 is 23.7 Å². The number of aliphatic hydroxyl groups excluding tert-OH is 2. The van der Waals surface area contributed by atoms with Crippen molar-refractivity contribution in [3.63, 3.8) is 0 Å². The number of hydrogen-bond acceptors (Lipinski definition) is 5. The van der Waals surface area contributed by atoms with E-state index in [0.717, 1.165) is 12.4 Å². The normalized spacial score (nSPS) is 14.7. The van der Waals surface area contributed by atoms with Gasteiger partial charge in [0.25, 0.3) is 5.56 Å². The molecule has 4 N–H and O–H groups in total. The van der Waals surface area contributed by atoms with E-state index in [1.54, 1.807) is 0 Å². The molecule has 2 atom stereocenters. The molecule has 0 saturated carbocycles. The quantitative estimate of drug-likeness (QED) is 0.458. The number of hydrogen-bond donors (Lipinski definition) is 4. The molecule has 1 aromatic heterocycles. The minimum Gasteiger partial charge on any atom is -0.479 e. The first kappa shape index (κ1) is 10.4. The van der Waals surface area contributed by atoms with Crippen molar-refractivity contribution < 1.29 is 20.1 Å². The van der Waals surface area contributed by atoms with Crippen LogP contribution in [0.2, 0.25) is 0 Å². The molecule has 0 aliphatic carbocycles. The first-order valence-electron chi connectivity index (χ1n) is 3.66. The molecule has 0 aromatic carbocycles. The number of carboxylic acids is 1. The van der Waals surface area contributed by atoms with Crippen LogP contribution in [0, 0.1) is 0 Å².